The molecule has 4 N–H and O–H groups in total. The fraction of sp³-hybridized carbons (Fsp3) is 0.312. The molecule has 0 aliphatic rings. The van der Waals surface area contributed by atoms with Crippen LogP contribution in [0.25, 0.3) is 0 Å². The maximum Gasteiger partial charge on any atom is 0.258 e. The van der Waals surface area contributed by atoms with Gasteiger partial charge in [-0.2, -0.15) is 0 Å². The summed E-state index contributed by atoms with van der Waals surface area (Å²) in [6.07, 6.45) is 0.289. The van der Waals surface area contributed by atoms with Gasteiger partial charge in [0.25, 0.3) is 5.91 Å². The summed E-state index contributed by atoms with van der Waals surface area (Å²) in [4.78, 5) is 12.7. The van der Waals surface area contributed by atoms with Crippen molar-refractivity contribution in [1.29, 1.82) is 0 Å². The quantitative estimate of drug-likeness (QED) is 0.733. The van der Waals surface area contributed by atoms with E-state index in [4.69, 9.17) is 5.73 Å². The largest absolute Gasteiger partial charge is 0.387 e. The van der Waals surface area contributed by atoms with Crippen LogP contribution in [0.5, 0.6) is 0 Å². The minimum absolute atomic E-state index is 0.211. The minimum atomic E-state index is -0.516. The molecular weight excluding hydrogens is 284 g/mol. The van der Waals surface area contributed by atoms with Crippen LogP contribution in [-0.4, -0.2) is 23.6 Å². The number of primary amides is 1. The Morgan fingerprint density at radius 2 is 2.00 bits per heavy atom. The average Bonchev–Trinajstić information content (AvgIpc) is 2.94. The zero-order valence-electron chi connectivity index (χ0n) is 12.0. The summed E-state index contributed by atoms with van der Waals surface area (Å²) in [5, 5.41) is 13.4. The standard InChI is InChI=1S/C16H20N2O2S/c1-11(9-13-7-8-15(21-13)16(17)20)18-10-14(19)12-5-3-2-4-6-12/h2-8,11,14,18-19H,9-10H2,1H3,(H2,17,20)/t11-,14+/m1/s1. The molecule has 0 radical (unpaired) electrons. The van der Waals surface area contributed by atoms with Gasteiger partial charge in [-0.1, -0.05) is 30.3 Å². The van der Waals surface area contributed by atoms with Gasteiger partial charge in [0.2, 0.25) is 0 Å². The van der Waals surface area contributed by atoms with E-state index in [0.717, 1.165) is 16.9 Å². The van der Waals surface area contributed by atoms with Crippen LogP contribution in [0, 0.1) is 0 Å². The molecule has 0 spiro atoms. The van der Waals surface area contributed by atoms with Crippen molar-refractivity contribution in [3.63, 3.8) is 0 Å². The molecule has 0 saturated carbocycles. The molecule has 0 saturated heterocycles. The van der Waals surface area contributed by atoms with Gasteiger partial charge in [0, 0.05) is 17.5 Å². The topological polar surface area (TPSA) is 75.4 Å². The van der Waals surface area contributed by atoms with Crippen molar-refractivity contribution in [2.24, 2.45) is 5.73 Å². The van der Waals surface area contributed by atoms with Gasteiger partial charge in [0.05, 0.1) is 11.0 Å². The van der Waals surface area contributed by atoms with Gasteiger partial charge >= 0.3 is 0 Å². The van der Waals surface area contributed by atoms with Crippen molar-refractivity contribution in [1.82, 2.24) is 5.32 Å². The Labute approximate surface area is 128 Å². The van der Waals surface area contributed by atoms with Crippen molar-refractivity contribution in [3.8, 4) is 0 Å². The summed E-state index contributed by atoms with van der Waals surface area (Å²) >= 11 is 1.42. The van der Waals surface area contributed by atoms with Gasteiger partial charge in [-0.15, -0.1) is 11.3 Å². The number of nitrogens with one attached hydrogen (secondary N) is 1. The summed E-state index contributed by atoms with van der Waals surface area (Å²) in [6, 6.07) is 13.5. The van der Waals surface area contributed by atoms with E-state index in [0.29, 0.717) is 11.4 Å². The molecule has 21 heavy (non-hydrogen) atoms. The lowest BCUT2D eigenvalue weighted by Gasteiger charge is -2.17. The highest BCUT2D eigenvalue weighted by atomic mass is 32.1. The van der Waals surface area contributed by atoms with E-state index in [9.17, 15) is 9.90 Å². The normalized spacial score (nSPS) is 13.8. The molecule has 112 valence electrons. The van der Waals surface area contributed by atoms with Crippen LogP contribution in [0.3, 0.4) is 0 Å². The summed E-state index contributed by atoms with van der Waals surface area (Å²) in [6.45, 7) is 2.56. The van der Waals surface area contributed by atoms with Gasteiger partial charge in [0.1, 0.15) is 0 Å². The Morgan fingerprint density at radius 1 is 1.29 bits per heavy atom. The Balaban J connectivity index is 1.81. The summed E-state index contributed by atoms with van der Waals surface area (Å²) < 4.78 is 0. The van der Waals surface area contributed by atoms with Crippen molar-refractivity contribution in [2.75, 3.05) is 6.54 Å². The van der Waals surface area contributed by atoms with Gasteiger partial charge in [-0.25, -0.2) is 0 Å². The molecule has 2 aromatic rings. The maximum atomic E-state index is 11.1. The lowest BCUT2D eigenvalue weighted by molar-refractivity contribution is 0.100. The van der Waals surface area contributed by atoms with E-state index < -0.39 is 6.10 Å². The fourth-order valence-electron chi connectivity index (χ4n) is 2.10. The number of hydrogen-bond donors (Lipinski definition) is 3. The minimum Gasteiger partial charge on any atom is -0.387 e. The molecule has 0 aliphatic carbocycles. The van der Waals surface area contributed by atoms with Crippen molar-refractivity contribution < 1.29 is 9.90 Å². The van der Waals surface area contributed by atoms with Gasteiger partial charge in [0.15, 0.2) is 0 Å². The number of aliphatic hydroxyl groups excluding tert-OH is 1. The van der Waals surface area contributed by atoms with E-state index in [1.807, 2.05) is 36.4 Å². The number of carbonyl (C=O) groups excluding carboxylic acids is 1. The molecular formula is C16H20N2O2S. The first-order valence-corrected chi connectivity index (χ1v) is 7.73. The number of benzene rings is 1. The zero-order chi connectivity index (χ0) is 15.2. The number of hydrogen-bond acceptors (Lipinski definition) is 4. The first-order chi connectivity index (χ1) is 10.1. The predicted molar refractivity (Wildman–Crippen MR) is 85.4 cm³/mol. The van der Waals surface area contributed by atoms with Crippen molar-refractivity contribution in [3.05, 3.63) is 57.8 Å². The van der Waals surface area contributed by atoms with Crippen LogP contribution in [0.15, 0.2) is 42.5 Å². The van der Waals surface area contributed by atoms with Crippen LogP contribution in [0.1, 0.15) is 33.1 Å². The van der Waals surface area contributed by atoms with Crippen LogP contribution < -0.4 is 11.1 Å². The highest BCUT2D eigenvalue weighted by Crippen LogP contribution is 2.18. The third kappa shape index (κ3) is 4.67. The van der Waals surface area contributed by atoms with E-state index in [1.165, 1.54) is 11.3 Å². The number of rotatable bonds is 7. The SMILES string of the molecule is C[C@H](Cc1ccc(C(N)=O)s1)NC[C@H](O)c1ccccc1. The predicted octanol–water partition coefficient (Wildman–Crippen LogP) is 2.10. The lowest BCUT2D eigenvalue weighted by atomic mass is 10.1. The monoisotopic (exact) mass is 304 g/mol. The maximum absolute atomic E-state index is 11.1. The Kier molecular flexibility index (Phi) is 5.50. The smallest absolute Gasteiger partial charge is 0.258 e. The van der Waals surface area contributed by atoms with Crippen molar-refractivity contribution in [2.45, 2.75) is 25.5 Å². The highest BCUT2D eigenvalue weighted by Gasteiger charge is 2.11. The molecule has 0 bridgehead atoms. The van der Waals surface area contributed by atoms with Gasteiger partial charge < -0.3 is 16.2 Å². The summed E-state index contributed by atoms with van der Waals surface area (Å²) in [7, 11) is 0. The van der Waals surface area contributed by atoms with Gasteiger partial charge in [-0.3, -0.25) is 4.79 Å². The number of carbonyl (C=O) groups is 1. The van der Waals surface area contributed by atoms with E-state index in [-0.39, 0.29) is 11.9 Å². The fourth-order valence-corrected chi connectivity index (χ4v) is 3.09. The lowest BCUT2D eigenvalue weighted by Crippen LogP contribution is -2.31. The highest BCUT2D eigenvalue weighted by molar-refractivity contribution is 7.14. The Morgan fingerprint density at radius 3 is 2.62 bits per heavy atom. The summed E-state index contributed by atoms with van der Waals surface area (Å²) in [5.41, 5.74) is 6.15. The average molecular weight is 304 g/mol. The second kappa shape index (κ2) is 7.36. The molecule has 1 aromatic heterocycles. The molecule has 2 rings (SSSR count). The van der Waals surface area contributed by atoms with Crippen LogP contribution in [-0.2, 0) is 6.42 Å². The molecule has 0 unspecified atom stereocenters. The van der Waals surface area contributed by atoms with E-state index in [1.54, 1.807) is 6.07 Å². The van der Waals surface area contributed by atoms with Crippen LogP contribution >= 0.6 is 11.3 Å². The molecule has 1 amide bonds. The van der Waals surface area contributed by atoms with E-state index in [2.05, 4.69) is 12.2 Å². The number of aliphatic hydroxyl groups is 1. The molecule has 1 heterocycles. The first-order valence-electron chi connectivity index (χ1n) is 6.91. The molecule has 4 nitrogen and oxygen atoms in total. The first kappa shape index (κ1) is 15.7. The molecule has 0 fully saturated rings. The van der Waals surface area contributed by atoms with Crippen molar-refractivity contribution >= 4 is 17.2 Å². The second-order valence-electron chi connectivity index (χ2n) is 5.07. The molecule has 1 aromatic carbocycles. The van der Waals surface area contributed by atoms with Crippen LogP contribution in [0.4, 0.5) is 0 Å². The van der Waals surface area contributed by atoms with Gasteiger partial charge in [-0.05, 0) is 31.0 Å². The summed E-state index contributed by atoms with van der Waals surface area (Å²) in [5.74, 6) is -0.383. The molecule has 2 atom stereocenters. The number of thiophene rings is 1. The third-order valence-electron chi connectivity index (χ3n) is 3.26. The second-order valence-corrected chi connectivity index (χ2v) is 6.24. The zero-order valence-corrected chi connectivity index (χ0v) is 12.8. The Hall–Kier alpha value is -1.69. The number of nitrogens with two attached hydrogens (primary N) is 1. The Bertz CT molecular complexity index is 583. The third-order valence-corrected chi connectivity index (χ3v) is 4.38. The molecule has 5 heteroatoms. The van der Waals surface area contributed by atoms with Crippen LogP contribution in [0.2, 0.25) is 0 Å². The number of amides is 1. The molecule has 0 aliphatic heterocycles. The van der Waals surface area contributed by atoms with E-state index >= 15 is 0 Å².